The molecule has 0 atom stereocenters. The molecular weight excluding hydrogens is 496 g/mol. The van der Waals surface area contributed by atoms with Gasteiger partial charge in [0, 0.05) is 11.3 Å². The second-order valence-corrected chi connectivity index (χ2v) is 9.83. The van der Waals surface area contributed by atoms with Crippen molar-refractivity contribution in [2.75, 3.05) is 11.9 Å². The molecule has 0 radical (unpaired) electrons. The van der Waals surface area contributed by atoms with Crippen LogP contribution in [-0.4, -0.2) is 28.5 Å². The Hall–Kier alpha value is -4.36. The van der Waals surface area contributed by atoms with Crippen molar-refractivity contribution in [1.82, 2.24) is 4.90 Å². The summed E-state index contributed by atoms with van der Waals surface area (Å²) in [4.78, 5) is 39.8. The van der Waals surface area contributed by atoms with Crippen LogP contribution in [0.3, 0.4) is 0 Å². The van der Waals surface area contributed by atoms with Crippen LogP contribution in [0.25, 0.3) is 16.8 Å². The molecule has 1 saturated heterocycles. The van der Waals surface area contributed by atoms with Crippen molar-refractivity contribution in [3.8, 4) is 5.75 Å². The first-order valence-electron chi connectivity index (χ1n) is 12.3. The molecule has 1 fully saturated rings. The second kappa shape index (κ2) is 11.4. The molecule has 1 aliphatic heterocycles. The zero-order valence-corrected chi connectivity index (χ0v) is 21.7. The molecule has 4 aromatic rings. The normalized spacial score (nSPS) is 14.3. The lowest BCUT2D eigenvalue weighted by Gasteiger charge is -2.14. The Balaban J connectivity index is 1.37. The minimum absolute atomic E-state index is 0.246. The van der Waals surface area contributed by atoms with Crippen LogP contribution in [0.15, 0.2) is 95.9 Å². The Labute approximate surface area is 225 Å². The molecule has 0 bridgehead atoms. The standard InChI is InChI=1S/C31H26N2O4S/c1-2-21-12-15-24(16-13-21)32-29(34)19-33-30(35)28(38-31(33)36)18-26-25-11-7-6-10-23(25)14-17-27(26)37-20-22-8-4-3-5-9-22/h3-18H,2,19-20H2,1H3,(H,32,34)/b28-18+. The number of nitrogens with zero attached hydrogens (tertiary/aromatic N) is 1. The number of ether oxygens (including phenoxy) is 1. The summed E-state index contributed by atoms with van der Waals surface area (Å²) < 4.78 is 6.15. The highest BCUT2D eigenvalue weighted by Crippen LogP contribution is 2.37. The van der Waals surface area contributed by atoms with Gasteiger partial charge >= 0.3 is 0 Å². The zero-order chi connectivity index (χ0) is 26.5. The van der Waals surface area contributed by atoms with Crippen LogP contribution < -0.4 is 10.1 Å². The number of carbonyl (C=O) groups excluding carboxylic acids is 3. The number of amides is 3. The Morgan fingerprint density at radius 3 is 2.39 bits per heavy atom. The lowest BCUT2D eigenvalue weighted by molar-refractivity contribution is -0.127. The molecule has 0 unspecified atom stereocenters. The van der Waals surface area contributed by atoms with Crippen LogP contribution in [0.2, 0.25) is 0 Å². The molecule has 1 aliphatic rings. The number of aryl methyl sites for hydroxylation is 1. The highest BCUT2D eigenvalue weighted by Gasteiger charge is 2.36. The molecule has 0 spiro atoms. The van der Waals surface area contributed by atoms with Crippen molar-refractivity contribution in [1.29, 1.82) is 0 Å². The predicted octanol–water partition coefficient (Wildman–Crippen LogP) is 6.66. The molecule has 5 rings (SSSR count). The Bertz CT molecular complexity index is 1530. The van der Waals surface area contributed by atoms with Crippen LogP contribution in [0.1, 0.15) is 23.6 Å². The third-order valence-corrected chi connectivity index (χ3v) is 7.17. The van der Waals surface area contributed by atoms with Crippen LogP contribution in [0, 0.1) is 0 Å². The van der Waals surface area contributed by atoms with Crippen LogP contribution in [-0.2, 0) is 22.6 Å². The third-order valence-electron chi connectivity index (χ3n) is 6.26. The number of benzene rings is 4. The van der Waals surface area contributed by atoms with E-state index in [1.54, 1.807) is 6.08 Å². The molecule has 38 heavy (non-hydrogen) atoms. The number of carbonyl (C=O) groups is 3. The summed E-state index contributed by atoms with van der Waals surface area (Å²) >= 11 is 0.825. The van der Waals surface area contributed by atoms with Gasteiger partial charge in [0.2, 0.25) is 5.91 Å². The second-order valence-electron chi connectivity index (χ2n) is 8.84. The van der Waals surface area contributed by atoms with Crippen LogP contribution >= 0.6 is 11.8 Å². The van der Waals surface area contributed by atoms with Crippen molar-refractivity contribution in [2.45, 2.75) is 20.0 Å². The summed E-state index contributed by atoms with van der Waals surface area (Å²) in [5, 5.41) is 4.16. The average molecular weight is 523 g/mol. The van der Waals surface area contributed by atoms with E-state index in [9.17, 15) is 14.4 Å². The van der Waals surface area contributed by atoms with Crippen molar-refractivity contribution < 1.29 is 19.1 Å². The summed E-state index contributed by atoms with van der Waals surface area (Å²) in [6, 6.07) is 28.9. The van der Waals surface area contributed by atoms with E-state index in [4.69, 9.17) is 4.74 Å². The highest BCUT2D eigenvalue weighted by atomic mass is 32.2. The van der Waals surface area contributed by atoms with E-state index < -0.39 is 17.1 Å². The van der Waals surface area contributed by atoms with Gasteiger partial charge in [-0.3, -0.25) is 19.3 Å². The van der Waals surface area contributed by atoms with E-state index in [1.165, 1.54) is 0 Å². The molecular formula is C31H26N2O4S. The van der Waals surface area contributed by atoms with Crippen molar-refractivity contribution in [3.05, 3.63) is 113 Å². The molecule has 7 heteroatoms. The molecule has 1 N–H and O–H groups in total. The number of hydrogen-bond acceptors (Lipinski definition) is 5. The van der Waals surface area contributed by atoms with E-state index in [0.717, 1.165) is 45.0 Å². The maximum atomic E-state index is 13.2. The lowest BCUT2D eigenvalue weighted by atomic mass is 10.0. The lowest BCUT2D eigenvalue weighted by Crippen LogP contribution is -2.36. The van der Waals surface area contributed by atoms with E-state index in [0.29, 0.717) is 23.6 Å². The minimum Gasteiger partial charge on any atom is -0.488 e. The minimum atomic E-state index is -0.501. The number of hydrogen-bond donors (Lipinski definition) is 1. The Morgan fingerprint density at radius 2 is 1.63 bits per heavy atom. The summed E-state index contributed by atoms with van der Waals surface area (Å²) in [5.41, 5.74) is 3.50. The summed E-state index contributed by atoms with van der Waals surface area (Å²) in [5.74, 6) is -0.333. The van der Waals surface area contributed by atoms with Gasteiger partial charge in [0.25, 0.3) is 11.1 Å². The zero-order valence-electron chi connectivity index (χ0n) is 20.8. The fraction of sp³-hybridized carbons (Fsp3) is 0.129. The first-order chi connectivity index (χ1) is 18.5. The maximum absolute atomic E-state index is 13.2. The Kier molecular flexibility index (Phi) is 7.56. The van der Waals surface area contributed by atoms with E-state index in [-0.39, 0.29) is 11.4 Å². The van der Waals surface area contributed by atoms with E-state index >= 15 is 0 Å². The summed E-state index contributed by atoms with van der Waals surface area (Å²) in [6.07, 6.45) is 2.59. The third kappa shape index (κ3) is 5.63. The van der Waals surface area contributed by atoms with Crippen LogP contribution in [0.4, 0.5) is 10.5 Å². The monoisotopic (exact) mass is 522 g/mol. The van der Waals surface area contributed by atoms with Gasteiger partial charge in [0.05, 0.1) is 4.91 Å². The number of imide groups is 1. The predicted molar refractivity (Wildman–Crippen MR) is 152 cm³/mol. The molecule has 0 aliphatic carbocycles. The van der Waals surface area contributed by atoms with Crippen molar-refractivity contribution >= 4 is 51.4 Å². The quantitative estimate of drug-likeness (QED) is 0.262. The highest BCUT2D eigenvalue weighted by molar-refractivity contribution is 8.18. The molecule has 0 aromatic heterocycles. The number of fused-ring (bicyclic) bond motifs is 1. The smallest absolute Gasteiger partial charge is 0.294 e. The Morgan fingerprint density at radius 1 is 0.895 bits per heavy atom. The fourth-order valence-corrected chi connectivity index (χ4v) is 5.04. The van der Waals surface area contributed by atoms with Gasteiger partial charge < -0.3 is 10.1 Å². The van der Waals surface area contributed by atoms with E-state index in [1.807, 2.05) is 91.0 Å². The average Bonchev–Trinajstić information content (AvgIpc) is 3.20. The van der Waals surface area contributed by atoms with Crippen LogP contribution in [0.5, 0.6) is 5.75 Å². The molecule has 4 aromatic carbocycles. The number of thioether (sulfide) groups is 1. The summed E-state index contributed by atoms with van der Waals surface area (Å²) in [7, 11) is 0. The fourth-order valence-electron chi connectivity index (χ4n) is 4.22. The molecule has 1 heterocycles. The molecule has 0 saturated carbocycles. The first kappa shape index (κ1) is 25.3. The van der Waals surface area contributed by atoms with Gasteiger partial charge in [-0.2, -0.15) is 0 Å². The summed E-state index contributed by atoms with van der Waals surface area (Å²) in [6.45, 7) is 2.06. The number of anilines is 1. The first-order valence-corrected chi connectivity index (χ1v) is 13.2. The number of nitrogens with one attached hydrogen (secondary N) is 1. The maximum Gasteiger partial charge on any atom is 0.294 e. The van der Waals surface area contributed by atoms with Gasteiger partial charge in [-0.1, -0.05) is 79.7 Å². The van der Waals surface area contributed by atoms with Crippen molar-refractivity contribution in [2.24, 2.45) is 0 Å². The number of rotatable bonds is 8. The van der Waals surface area contributed by atoms with Gasteiger partial charge in [0.1, 0.15) is 18.9 Å². The topological polar surface area (TPSA) is 75.7 Å². The molecule has 3 amide bonds. The molecule has 6 nitrogen and oxygen atoms in total. The molecule has 190 valence electrons. The van der Waals surface area contributed by atoms with Crippen molar-refractivity contribution in [3.63, 3.8) is 0 Å². The largest absolute Gasteiger partial charge is 0.488 e. The SMILES string of the molecule is CCc1ccc(NC(=O)CN2C(=O)S/C(=C/c3c(OCc4ccccc4)ccc4ccccc34)C2=O)cc1. The van der Waals surface area contributed by atoms with Gasteiger partial charge in [-0.05, 0) is 64.4 Å². The van der Waals surface area contributed by atoms with E-state index in [2.05, 4.69) is 12.2 Å². The van der Waals surface area contributed by atoms with Gasteiger partial charge in [0.15, 0.2) is 0 Å². The van der Waals surface area contributed by atoms with Gasteiger partial charge in [-0.15, -0.1) is 0 Å². The van der Waals surface area contributed by atoms with Gasteiger partial charge in [-0.25, -0.2) is 0 Å².